The van der Waals surface area contributed by atoms with E-state index >= 15 is 0 Å². The molecule has 0 bridgehead atoms. The highest BCUT2D eigenvalue weighted by atomic mass is 35.5. The van der Waals surface area contributed by atoms with Crippen molar-refractivity contribution in [3.05, 3.63) is 53.2 Å². The first-order valence-electron chi connectivity index (χ1n) is 7.70. The summed E-state index contributed by atoms with van der Waals surface area (Å²) < 4.78 is 7.31. The minimum atomic E-state index is 0.175. The number of hydrogen-bond acceptors (Lipinski definition) is 5. The van der Waals surface area contributed by atoms with Gasteiger partial charge in [-0.3, -0.25) is 0 Å². The summed E-state index contributed by atoms with van der Waals surface area (Å²) in [7, 11) is 1.62. The molecular formula is C18H16ClN5O. The topological polar surface area (TPSA) is 92.0 Å². The molecule has 0 aliphatic rings. The lowest BCUT2D eigenvalue weighted by Crippen LogP contribution is -2.01. The molecule has 0 saturated carbocycles. The van der Waals surface area contributed by atoms with Gasteiger partial charge in [-0.25, -0.2) is 4.98 Å². The summed E-state index contributed by atoms with van der Waals surface area (Å²) >= 11 is 6.37. The summed E-state index contributed by atoms with van der Waals surface area (Å²) in [5.74, 6) is 1.29. The SMILES string of the molecule is COc1ccc(Cn2ccc3c4c(N)nc(N)nc4ccc32)c(Cl)c1. The summed E-state index contributed by atoms with van der Waals surface area (Å²) in [4.78, 5) is 8.33. The van der Waals surface area contributed by atoms with Crippen LogP contribution < -0.4 is 16.2 Å². The Morgan fingerprint density at radius 3 is 2.72 bits per heavy atom. The van der Waals surface area contributed by atoms with Crippen molar-refractivity contribution < 1.29 is 4.74 Å². The molecule has 0 fully saturated rings. The summed E-state index contributed by atoms with van der Waals surface area (Å²) in [6.45, 7) is 0.633. The van der Waals surface area contributed by atoms with Crippen molar-refractivity contribution in [2.75, 3.05) is 18.6 Å². The van der Waals surface area contributed by atoms with Crippen molar-refractivity contribution in [2.45, 2.75) is 6.54 Å². The maximum Gasteiger partial charge on any atom is 0.222 e. The van der Waals surface area contributed by atoms with Crippen LogP contribution in [-0.4, -0.2) is 21.6 Å². The number of ether oxygens (including phenoxy) is 1. The Morgan fingerprint density at radius 1 is 1.12 bits per heavy atom. The van der Waals surface area contributed by atoms with Gasteiger partial charge >= 0.3 is 0 Å². The van der Waals surface area contributed by atoms with Gasteiger partial charge in [0.25, 0.3) is 0 Å². The van der Waals surface area contributed by atoms with Gasteiger partial charge < -0.3 is 20.8 Å². The Balaban J connectivity index is 1.83. The van der Waals surface area contributed by atoms with Crippen LogP contribution in [0.25, 0.3) is 21.8 Å². The van der Waals surface area contributed by atoms with Gasteiger partial charge in [-0.05, 0) is 35.9 Å². The Bertz CT molecular complexity index is 1110. The molecule has 0 aliphatic heterocycles. The Morgan fingerprint density at radius 2 is 1.96 bits per heavy atom. The lowest BCUT2D eigenvalue weighted by Gasteiger charge is -2.10. The third-order valence-electron chi connectivity index (χ3n) is 4.26. The molecule has 0 radical (unpaired) electrons. The molecule has 4 rings (SSSR count). The van der Waals surface area contributed by atoms with Crippen LogP contribution in [0, 0.1) is 0 Å². The van der Waals surface area contributed by atoms with Crippen LogP contribution in [0.3, 0.4) is 0 Å². The number of hydrogen-bond donors (Lipinski definition) is 2. The van der Waals surface area contributed by atoms with Crippen LogP contribution in [0.4, 0.5) is 11.8 Å². The van der Waals surface area contributed by atoms with E-state index in [0.29, 0.717) is 17.4 Å². The molecule has 7 heteroatoms. The average Bonchev–Trinajstić information content (AvgIpc) is 2.99. The molecule has 0 spiro atoms. The number of halogens is 1. The van der Waals surface area contributed by atoms with Gasteiger partial charge in [0.2, 0.25) is 5.95 Å². The third-order valence-corrected chi connectivity index (χ3v) is 4.61. The van der Waals surface area contributed by atoms with Gasteiger partial charge in [0.05, 0.1) is 18.0 Å². The standard InChI is InChI=1S/C18H16ClN5O/c1-25-11-3-2-10(13(19)8-11)9-24-7-6-12-15(24)5-4-14-16(12)17(20)23-18(21)22-14/h2-8H,9H2,1H3,(H4,20,21,22,23). The van der Waals surface area contributed by atoms with Crippen molar-refractivity contribution in [2.24, 2.45) is 0 Å². The van der Waals surface area contributed by atoms with E-state index in [0.717, 1.165) is 33.1 Å². The van der Waals surface area contributed by atoms with Crippen LogP contribution in [0.15, 0.2) is 42.6 Å². The number of nitrogens with zero attached hydrogens (tertiary/aromatic N) is 3. The maximum atomic E-state index is 6.37. The van der Waals surface area contributed by atoms with Gasteiger partial charge in [-0.15, -0.1) is 0 Å². The molecule has 2 aromatic heterocycles. The van der Waals surface area contributed by atoms with E-state index in [1.54, 1.807) is 7.11 Å². The molecule has 0 saturated heterocycles. The third kappa shape index (κ3) is 2.60. The molecule has 4 N–H and O–H groups in total. The van der Waals surface area contributed by atoms with E-state index in [1.807, 2.05) is 42.6 Å². The van der Waals surface area contributed by atoms with Crippen molar-refractivity contribution in [3.63, 3.8) is 0 Å². The number of fused-ring (bicyclic) bond motifs is 3. The maximum absolute atomic E-state index is 6.37. The number of benzene rings is 2. The minimum absolute atomic E-state index is 0.175. The van der Waals surface area contributed by atoms with Gasteiger partial charge in [0, 0.05) is 28.7 Å². The van der Waals surface area contributed by atoms with Gasteiger partial charge in [-0.2, -0.15) is 4.98 Å². The van der Waals surface area contributed by atoms with Crippen molar-refractivity contribution in [3.8, 4) is 5.75 Å². The largest absolute Gasteiger partial charge is 0.497 e. The lowest BCUT2D eigenvalue weighted by molar-refractivity contribution is 0.414. The zero-order valence-corrected chi connectivity index (χ0v) is 14.3. The molecule has 2 aromatic carbocycles. The fourth-order valence-corrected chi connectivity index (χ4v) is 3.29. The highest BCUT2D eigenvalue weighted by Gasteiger charge is 2.12. The zero-order chi connectivity index (χ0) is 17.6. The Hall–Kier alpha value is -2.99. The quantitative estimate of drug-likeness (QED) is 0.588. The normalized spacial score (nSPS) is 11.3. The predicted molar refractivity (Wildman–Crippen MR) is 101 cm³/mol. The highest BCUT2D eigenvalue weighted by Crippen LogP contribution is 2.30. The average molecular weight is 354 g/mol. The molecule has 0 atom stereocenters. The van der Waals surface area contributed by atoms with Gasteiger partial charge in [0.1, 0.15) is 11.6 Å². The summed E-state index contributed by atoms with van der Waals surface area (Å²) in [6, 6.07) is 11.6. The Labute approximate surface area is 149 Å². The first kappa shape index (κ1) is 15.5. The molecule has 25 heavy (non-hydrogen) atoms. The molecule has 4 aromatic rings. The zero-order valence-electron chi connectivity index (χ0n) is 13.5. The predicted octanol–water partition coefficient (Wildman–Crippen LogP) is 3.46. The van der Waals surface area contributed by atoms with Crippen LogP contribution in [0.5, 0.6) is 5.75 Å². The van der Waals surface area contributed by atoms with Crippen LogP contribution in [-0.2, 0) is 6.54 Å². The molecule has 6 nitrogen and oxygen atoms in total. The summed E-state index contributed by atoms with van der Waals surface area (Å²) in [6.07, 6.45) is 2.00. The molecular weight excluding hydrogens is 338 g/mol. The second-order valence-electron chi connectivity index (χ2n) is 5.76. The molecule has 2 heterocycles. The van der Waals surface area contributed by atoms with E-state index in [-0.39, 0.29) is 5.95 Å². The number of aromatic nitrogens is 3. The fourth-order valence-electron chi connectivity index (χ4n) is 3.06. The number of nitrogens with two attached hydrogens (primary N) is 2. The molecule has 0 aliphatic carbocycles. The molecule has 126 valence electrons. The monoisotopic (exact) mass is 353 g/mol. The van der Waals surface area contributed by atoms with E-state index < -0.39 is 0 Å². The van der Waals surface area contributed by atoms with Crippen LogP contribution >= 0.6 is 11.6 Å². The van der Waals surface area contributed by atoms with Crippen LogP contribution in [0.2, 0.25) is 5.02 Å². The first-order valence-corrected chi connectivity index (χ1v) is 8.07. The first-order chi connectivity index (χ1) is 12.1. The van der Waals surface area contributed by atoms with E-state index in [4.69, 9.17) is 27.8 Å². The van der Waals surface area contributed by atoms with Crippen molar-refractivity contribution in [1.82, 2.24) is 14.5 Å². The lowest BCUT2D eigenvalue weighted by atomic mass is 10.1. The smallest absolute Gasteiger partial charge is 0.222 e. The molecule has 0 amide bonds. The number of anilines is 2. The second-order valence-corrected chi connectivity index (χ2v) is 6.17. The highest BCUT2D eigenvalue weighted by molar-refractivity contribution is 6.31. The number of methoxy groups -OCH3 is 1. The van der Waals surface area contributed by atoms with E-state index in [1.165, 1.54) is 0 Å². The van der Waals surface area contributed by atoms with Crippen molar-refractivity contribution >= 4 is 45.2 Å². The number of rotatable bonds is 3. The number of nitrogen functional groups attached to an aromatic ring is 2. The van der Waals surface area contributed by atoms with Gasteiger partial charge in [0.15, 0.2) is 0 Å². The Kier molecular flexibility index (Phi) is 3.62. The van der Waals surface area contributed by atoms with Gasteiger partial charge in [-0.1, -0.05) is 17.7 Å². The summed E-state index contributed by atoms with van der Waals surface area (Å²) in [5.41, 5.74) is 14.5. The second kappa shape index (κ2) is 5.82. The van der Waals surface area contributed by atoms with E-state index in [2.05, 4.69) is 14.5 Å². The summed E-state index contributed by atoms with van der Waals surface area (Å²) in [5, 5.41) is 2.46. The van der Waals surface area contributed by atoms with Crippen LogP contribution in [0.1, 0.15) is 5.56 Å². The molecule has 0 unspecified atom stereocenters. The van der Waals surface area contributed by atoms with Crippen molar-refractivity contribution in [1.29, 1.82) is 0 Å². The minimum Gasteiger partial charge on any atom is -0.497 e. The van der Waals surface area contributed by atoms with E-state index in [9.17, 15) is 0 Å². The fraction of sp³-hybridized carbons (Fsp3) is 0.111.